The number of amides is 1. The van der Waals surface area contributed by atoms with Crippen molar-refractivity contribution in [3.63, 3.8) is 0 Å². The fourth-order valence-corrected chi connectivity index (χ4v) is 1.10. The maximum absolute atomic E-state index is 13.2. The van der Waals surface area contributed by atoms with E-state index in [9.17, 15) is 9.18 Å². The molecule has 0 aliphatic carbocycles. The molecular formula is C10H14ClFN2O2. The summed E-state index contributed by atoms with van der Waals surface area (Å²) in [5.41, 5.74) is 5.96. The van der Waals surface area contributed by atoms with E-state index < -0.39 is 5.82 Å². The Hall–Kier alpha value is -1.17. The number of hydrogen-bond donors (Lipinski definition) is 3. The van der Waals surface area contributed by atoms with E-state index in [-0.39, 0.29) is 43.6 Å². The first-order chi connectivity index (χ1) is 7.17. The molecule has 90 valence electrons. The minimum atomic E-state index is -0.475. The molecule has 1 aromatic rings. The van der Waals surface area contributed by atoms with Crippen LogP contribution < -0.4 is 11.1 Å². The zero-order valence-corrected chi connectivity index (χ0v) is 9.39. The number of nitrogens with one attached hydrogen (secondary N) is 1. The lowest BCUT2D eigenvalue weighted by atomic mass is 10.1. The van der Waals surface area contributed by atoms with Gasteiger partial charge in [-0.2, -0.15) is 0 Å². The van der Waals surface area contributed by atoms with Crippen molar-refractivity contribution in [3.05, 3.63) is 35.1 Å². The quantitative estimate of drug-likeness (QED) is 0.718. The second-order valence-electron chi connectivity index (χ2n) is 3.06. The van der Waals surface area contributed by atoms with E-state index in [0.717, 1.165) is 0 Å². The summed E-state index contributed by atoms with van der Waals surface area (Å²) in [5, 5.41) is 11.3. The van der Waals surface area contributed by atoms with Gasteiger partial charge in [0.15, 0.2) is 0 Å². The van der Waals surface area contributed by atoms with Gasteiger partial charge in [-0.15, -0.1) is 12.4 Å². The van der Waals surface area contributed by atoms with Crippen molar-refractivity contribution in [1.82, 2.24) is 5.32 Å². The van der Waals surface area contributed by atoms with Gasteiger partial charge in [0.25, 0.3) is 0 Å². The maximum Gasteiger partial charge on any atom is 0.234 e. The van der Waals surface area contributed by atoms with E-state index in [4.69, 9.17) is 10.8 Å². The lowest BCUT2D eigenvalue weighted by Crippen LogP contribution is -2.29. The van der Waals surface area contributed by atoms with Crippen molar-refractivity contribution in [2.45, 2.75) is 13.2 Å². The molecule has 4 nitrogen and oxygen atoms in total. The largest absolute Gasteiger partial charge is 0.392 e. The second kappa shape index (κ2) is 7.16. The van der Waals surface area contributed by atoms with Gasteiger partial charge in [-0.05, 0) is 11.6 Å². The summed E-state index contributed by atoms with van der Waals surface area (Å²) in [4.78, 5) is 10.8. The first-order valence-corrected chi connectivity index (χ1v) is 4.52. The number of benzene rings is 1. The smallest absolute Gasteiger partial charge is 0.234 e. The first-order valence-electron chi connectivity index (χ1n) is 4.52. The lowest BCUT2D eigenvalue weighted by molar-refractivity contribution is -0.119. The van der Waals surface area contributed by atoms with Gasteiger partial charge in [0.05, 0.1) is 13.2 Å². The van der Waals surface area contributed by atoms with Crippen molar-refractivity contribution in [3.8, 4) is 0 Å². The molecule has 0 aliphatic heterocycles. The molecule has 0 bridgehead atoms. The number of hydrogen-bond acceptors (Lipinski definition) is 3. The van der Waals surface area contributed by atoms with E-state index in [1.165, 1.54) is 12.1 Å². The van der Waals surface area contributed by atoms with Gasteiger partial charge in [0.2, 0.25) is 5.91 Å². The van der Waals surface area contributed by atoms with Crippen LogP contribution in [-0.2, 0) is 17.9 Å². The summed E-state index contributed by atoms with van der Waals surface area (Å²) >= 11 is 0. The predicted molar refractivity (Wildman–Crippen MR) is 60.5 cm³/mol. The molecule has 1 amide bonds. The molecule has 0 heterocycles. The molecule has 0 aliphatic rings. The van der Waals surface area contributed by atoms with Crippen LogP contribution in [0.1, 0.15) is 11.1 Å². The number of aliphatic hydroxyl groups is 1. The molecular weight excluding hydrogens is 235 g/mol. The van der Waals surface area contributed by atoms with E-state index in [1.54, 1.807) is 6.07 Å². The fourth-order valence-electron chi connectivity index (χ4n) is 1.10. The third kappa shape index (κ3) is 4.14. The fraction of sp³-hybridized carbons (Fsp3) is 0.300. The first kappa shape index (κ1) is 14.8. The summed E-state index contributed by atoms with van der Waals surface area (Å²) in [7, 11) is 0. The van der Waals surface area contributed by atoms with E-state index in [1.807, 2.05) is 0 Å². The number of aliphatic hydroxyl groups excluding tert-OH is 1. The van der Waals surface area contributed by atoms with Crippen molar-refractivity contribution in [2.24, 2.45) is 5.73 Å². The number of nitrogens with two attached hydrogens (primary N) is 1. The SMILES string of the molecule is Cl.NCC(=O)NCc1ccc(CO)c(F)c1. The van der Waals surface area contributed by atoms with Crippen LogP contribution in [0.5, 0.6) is 0 Å². The summed E-state index contributed by atoms with van der Waals surface area (Å²) in [5.74, 6) is -0.765. The second-order valence-corrected chi connectivity index (χ2v) is 3.06. The Balaban J connectivity index is 0.00000225. The highest BCUT2D eigenvalue weighted by molar-refractivity contribution is 5.85. The molecule has 16 heavy (non-hydrogen) atoms. The number of rotatable bonds is 4. The molecule has 0 fully saturated rings. The molecule has 0 saturated carbocycles. The Morgan fingerprint density at radius 2 is 2.19 bits per heavy atom. The predicted octanol–water partition coefficient (Wildman–Crippen LogP) is 0.315. The van der Waals surface area contributed by atoms with Crippen LogP contribution >= 0.6 is 12.4 Å². The minimum Gasteiger partial charge on any atom is -0.392 e. The molecule has 0 radical (unpaired) electrons. The molecule has 0 unspecified atom stereocenters. The highest BCUT2D eigenvalue weighted by Gasteiger charge is 2.03. The van der Waals surface area contributed by atoms with Gasteiger partial charge in [-0.3, -0.25) is 4.79 Å². The average Bonchev–Trinajstić information content (AvgIpc) is 2.26. The summed E-state index contributed by atoms with van der Waals surface area (Å²) in [6.45, 7) is -0.183. The molecule has 0 spiro atoms. The maximum atomic E-state index is 13.2. The van der Waals surface area contributed by atoms with Crippen LogP contribution in [0, 0.1) is 5.82 Å². The lowest BCUT2D eigenvalue weighted by Gasteiger charge is -2.05. The van der Waals surface area contributed by atoms with Crippen LogP contribution in [0.4, 0.5) is 4.39 Å². The Kier molecular flexibility index (Phi) is 6.64. The number of carbonyl (C=O) groups is 1. The van der Waals surface area contributed by atoms with Crippen LogP contribution in [-0.4, -0.2) is 17.6 Å². The van der Waals surface area contributed by atoms with Gasteiger partial charge < -0.3 is 16.2 Å². The summed E-state index contributed by atoms with van der Waals surface area (Å²) in [6, 6.07) is 4.41. The summed E-state index contributed by atoms with van der Waals surface area (Å²) in [6.07, 6.45) is 0. The third-order valence-electron chi connectivity index (χ3n) is 1.96. The Bertz CT molecular complexity index is 361. The normalized spacial score (nSPS) is 9.44. The molecule has 0 atom stereocenters. The molecule has 4 N–H and O–H groups in total. The minimum absolute atomic E-state index is 0. The van der Waals surface area contributed by atoms with Crippen molar-refractivity contribution < 1.29 is 14.3 Å². The van der Waals surface area contributed by atoms with Gasteiger partial charge in [0, 0.05) is 12.1 Å². The van der Waals surface area contributed by atoms with Crippen LogP contribution in [0.3, 0.4) is 0 Å². The zero-order valence-electron chi connectivity index (χ0n) is 8.57. The Morgan fingerprint density at radius 1 is 1.50 bits per heavy atom. The molecule has 1 rings (SSSR count). The average molecular weight is 249 g/mol. The van der Waals surface area contributed by atoms with Crippen LogP contribution in [0.15, 0.2) is 18.2 Å². The Morgan fingerprint density at radius 3 is 2.69 bits per heavy atom. The topological polar surface area (TPSA) is 75.4 Å². The van der Waals surface area contributed by atoms with Gasteiger partial charge >= 0.3 is 0 Å². The van der Waals surface area contributed by atoms with Gasteiger partial charge in [-0.1, -0.05) is 12.1 Å². The van der Waals surface area contributed by atoms with Crippen LogP contribution in [0.2, 0.25) is 0 Å². The van der Waals surface area contributed by atoms with Crippen molar-refractivity contribution >= 4 is 18.3 Å². The highest BCUT2D eigenvalue weighted by Crippen LogP contribution is 2.10. The zero-order chi connectivity index (χ0) is 11.3. The third-order valence-corrected chi connectivity index (χ3v) is 1.96. The van der Waals surface area contributed by atoms with Crippen molar-refractivity contribution in [2.75, 3.05) is 6.54 Å². The molecule has 0 saturated heterocycles. The molecule has 1 aromatic carbocycles. The number of carbonyl (C=O) groups excluding carboxylic acids is 1. The van der Waals surface area contributed by atoms with Gasteiger partial charge in [-0.25, -0.2) is 4.39 Å². The summed E-state index contributed by atoms with van der Waals surface area (Å²) < 4.78 is 13.2. The van der Waals surface area contributed by atoms with Crippen LogP contribution in [0.25, 0.3) is 0 Å². The monoisotopic (exact) mass is 248 g/mol. The molecule has 0 aromatic heterocycles. The molecule has 6 heteroatoms. The van der Waals surface area contributed by atoms with E-state index >= 15 is 0 Å². The van der Waals surface area contributed by atoms with Crippen molar-refractivity contribution in [1.29, 1.82) is 0 Å². The van der Waals surface area contributed by atoms with E-state index in [2.05, 4.69) is 5.32 Å². The Labute approximate surface area is 99.1 Å². The number of halogens is 2. The highest BCUT2D eigenvalue weighted by atomic mass is 35.5. The van der Waals surface area contributed by atoms with Gasteiger partial charge in [0.1, 0.15) is 5.82 Å². The standard InChI is InChI=1S/C10H13FN2O2.ClH/c11-9-3-7(1-2-8(9)6-14)5-13-10(15)4-12;/h1-3,14H,4-6,12H2,(H,13,15);1H. The van der Waals surface area contributed by atoms with E-state index in [0.29, 0.717) is 5.56 Å².